The van der Waals surface area contributed by atoms with Crippen molar-refractivity contribution in [1.82, 2.24) is 30.8 Å². The van der Waals surface area contributed by atoms with E-state index in [2.05, 4.69) is 25.9 Å². The number of nitrogens with one attached hydrogen (secondary N) is 2. The molecule has 0 radical (unpaired) electrons. The SMILES string of the molecule is O=C(O)CC1CC2CCC(C1)N2C(=O)NCc1nn[nH]n1. The number of carbonyl (C=O) groups excluding carboxylic acids is 1. The van der Waals surface area contributed by atoms with Crippen LogP contribution in [0.15, 0.2) is 0 Å². The van der Waals surface area contributed by atoms with Crippen LogP contribution >= 0.6 is 0 Å². The zero-order chi connectivity index (χ0) is 14.8. The van der Waals surface area contributed by atoms with Gasteiger partial charge in [0.05, 0.1) is 6.54 Å². The first-order valence-electron chi connectivity index (χ1n) is 7.13. The molecule has 2 amide bonds. The second kappa shape index (κ2) is 5.66. The normalized spacial score (nSPS) is 27.6. The maximum atomic E-state index is 12.3. The lowest BCUT2D eigenvalue weighted by Crippen LogP contribution is -2.50. The average Bonchev–Trinajstić information content (AvgIpc) is 3.02. The molecule has 1 aromatic rings. The summed E-state index contributed by atoms with van der Waals surface area (Å²) in [6.07, 6.45) is 3.66. The highest BCUT2D eigenvalue weighted by Gasteiger charge is 2.43. The smallest absolute Gasteiger partial charge is 0.318 e. The van der Waals surface area contributed by atoms with Crippen LogP contribution < -0.4 is 5.32 Å². The van der Waals surface area contributed by atoms with Crippen LogP contribution in [0, 0.1) is 5.92 Å². The van der Waals surface area contributed by atoms with Crippen LogP contribution in [-0.2, 0) is 11.3 Å². The standard InChI is InChI=1S/C12H18N6O3/c19-11(20)5-7-3-8-1-2-9(4-7)18(8)12(21)13-6-10-14-16-17-15-10/h7-9H,1-6H2,(H,13,21)(H,19,20)(H,14,15,16,17). The lowest BCUT2D eigenvalue weighted by Gasteiger charge is -2.38. The fourth-order valence-electron chi connectivity index (χ4n) is 3.54. The molecule has 2 unspecified atom stereocenters. The number of tetrazole rings is 1. The molecule has 3 heterocycles. The number of piperidine rings is 1. The number of urea groups is 1. The number of aromatic nitrogens is 4. The monoisotopic (exact) mass is 294 g/mol. The van der Waals surface area contributed by atoms with Gasteiger partial charge < -0.3 is 15.3 Å². The van der Waals surface area contributed by atoms with Crippen molar-refractivity contribution in [3.63, 3.8) is 0 Å². The Morgan fingerprint density at radius 3 is 2.62 bits per heavy atom. The van der Waals surface area contributed by atoms with Crippen LogP contribution in [0.2, 0.25) is 0 Å². The molecule has 0 aromatic carbocycles. The molecule has 2 aliphatic heterocycles. The van der Waals surface area contributed by atoms with Crippen LogP contribution in [0.1, 0.15) is 37.9 Å². The van der Waals surface area contributed by atoms with E-state index in [9.17, 15) is 9.59 Å². The van der Waals surface area contributed by atoms with Crippen molar-refractivity contribution in [2.75, 3.05) is 0 Å². The Kier molecular flexibility index (Phi) is 3.72. The number of aliphatic carboxylic acids is 1. The molecule has 3 rings (SSSR count). The molecule has 21 heavy (non-hydrogen) atoms. The number of H-pyrrole nitrogens is 1. The number of fused-ring (bicyclic) bond motifs is 2. The fraction of sp³-hybridized carbons (Fsp3) is 0.750. The third-order valence-electron chi connectivity index (χ3n) is 4.32. The molecule has 0 saturated carbocycles. The Morgan fingerprint density at radius 1 is 1.33 bits per heavy atom. The molecule has 0 spiro atoms. The largest absolute Gasteiger partial charge is 0.481 e. The van der Waals surface area contributed by atoms with Gasteiger partial charge in [0, 0.05) is 18.5 Å². The number of amides is 2. The van der Waals surface area contributed by atoms with Gasteiger partial charge in [0.25, 0.3) is 0 Å². The third-order valence-corrected chi connectivity index (χ3v) is 4.32. The Hall–Kier alpha value is -2.19. The molecule has 2 atom stereocenters. The van der Waals surface area contributed by atoms with Gasteiger partial charge in [-0.2, -0.15) is 5.21 Å². The molecular formula is C12H18N6O3. The first-order valence-corrected chi connectivity index (χ1v) is 7.13. The molecule has 2 fully saturated rings. The lowest BCUT2D eigenvalue weighted by atomic mass is 9.88. The molecule has 114 valence electrons. The van der Waals surface area contributed by atoms with Gasteiger partial charge in [-0.05, 0) is 31.6 Å². The van der Waals surface area contributed by atoms with Gasteiger partial charge >= 0.3 is 12.0 Å². The number of nitrogens with zero attached hydrogens (tertiary/aromatic N) is 4. The van der Waals surface area contributed by atoms with Crippen molar-refractivity contribution in [1.29, 1.82) is 0 Å². The van der Waals surface area contributed by atoms with Crippen LogP contribution in [0.3, 0.4) is 0 Å². The number of carbonyl (C=O) groups is 2. The summed E-state index contributed by atoms with van der Waals surface area (Å²) >= 11 is 0. The molecule has 3 N–H and O–H groups in total. The summed E-state index contributed by atoms with van der Waals surface area (Å²) in [5, 5.41) is 25.0. The van der Waals surface area contributed by atoms with Crippen molar-refractivity contribution in [2.45, 2.75) is 50.7 Å². The number of carboxylic acid groups (broad SMARTS) is 1. The highest BCUT2D eigenvalue weighted by molar-refractivity contribution is 5.75. The second-order valence-corrected chi connectivity index (χ2v) is 5.71. The van der Waals surface area contributed by atoms with Gasteiger partial charge in [-0.15, -0.1) is 10.2 Å². The van der Waals surface area contributed by atoms with E-state index in [1.165, 1.54) is 0 Å². The highest BCUT2D eigenvalue weighted by atomic mass is 16.4. The number of carboxylic acids is 1. The van der Waals surface area contributed by atoms with E-state index >= 15 is 0 Å². The summed E-state index contributed by atoms with van der Waals surface area (Å²) in [4.78, 5) is 25.0. The minimum atomic E-state index is -0.755. The van der Waals surface area contributed by atoms with E-state index in [4.69, 9.17) is 5.11 Å². The predicted octanol–water partition coefficient (Wildman–Crippen LogP) is 0.127. The zero-order valence-electron chi connectivity index (χ0n) is 11.5. The number of hydrogen-bond acceptors (Lipinski definition) is 5. The van der Waals surface area contributed by atoms with Gasteiger partial charge in [-0.25, -0.2) is 4.79 Å². The molecular weight excluding hydrogens is 276 g/mol. The van der Waals surface area contributed by atoms with Crippen molar-refractivity contribution in [3.05, 3.63) is 5.82 Å². The zero-order valence-corrected chi connectivity index (χ0v) is 11.5. The molecule has 2 saturated heterocycles. The second-order valence-electron chi connectivity index (χ2n) is 5.71. The predicted molar refractivity (Wildman–Crippen MR) is 70.0 cm³/mol. The fourth-order valence-corrected chi connectivity index (χ4v) is 3.54. The lowest BCUT2D eigenvalue weighted by molar-refractivity contribution is -0.138. The van der Waals surface area contributed by atoms with Gasteiger partial charge in [-0.1, -0.05) is 5.21 Å². The molecule has 9 nitrogen and oxygen atoms in total. The van der Waals surface area contributed by atoms with Crippen molar-refractivity contribution >= 4 is 12.0 Å². The number of aromatic amines is 1. The summed E-state index contributed by atoms with van der Waals surface area (Å²) in [5.74, 6) is -0.132. The average molecular weight is 294 g/mol. The maximum Gasteiger partial charge on any atom is 0.318 e. The van der Waals surface area contributed by atoms with Gasteiger partial charge in [0.1, 0.15) is 0 Å². The molecule has 9 heteroatoms. The first-order chi connectivity index (χ1) is 10.1. The molecule has 2 aliphatic rings. The van der Waals surface area contributed by atoms with Crippen LogP contribution in [0.5, 0.6) is 0 Å². The Morgan fingerprint density at radius 2 is 2.05 bits per heavy atom. The number of hydrogen-bond donors (Lipinski definition) is 3. The van der Waals surface area contributed by atoms with E-state index in [0.717, 1.165) is 25.7 Å². The van der Waals surface area contributed by atoms with E-state index in [-0.39, 0.29) is 37.0 Å². The molecule has 0 aliphatic carbocycles. The van der Waals surface area contributed by atoms with Gasteiger partial charge in [0.2, 0.25) is 0 Å². The van der Waals surface area contributed by atoms with Crippen LogP contribution in [0.25, 0.3) is 0 Å². The van der Waals surface area contributed by atoms with E-state index in [1.807, 2.05) is 4.90 Å². The van der Waals surface area contributed by atoms with E-state index < -0.39 is 5.97 Å². The summed E-state index contributed by atoms with van der Waals surface area (Å²) in [7, 11) is 0. The highest BCUT2D eigenvalue weighted by Crippen LogP contribution is 2.39. The summed E-state index contributed by atoms with van der Waals surface area (Å²) < 4.78 is 0. The Labute approximate surface area is 121 Å². The summed E-state index contributed by atoms with van der Waals surface area (Å²) in [6, 6.07) is 0.179. The quantitative estimate of drug-likeness (QED) is 0.725. The van der Waals surface area contributed by atoms with Crippen LogP contribution in [0.4, 0.5) is 4.79 Å². The Bertz CT molecular complexity index is 505. The topological polar surface area (TPSA) is 124 Å². The van der Waals surface area contributed by atoms with Crippen LogP contribution in [-0.4, -0.2) is 54.7 Å². The van der Waals surface area contributed by atoms with Gasteiger partial charge in [-0.3, -0.25) is 4.79 Å². The van der Waals surface area contributed by atoms with Crippen molar-refractivity contribution in [3.8, 4) is 0 Å². The number of rotatable bonds is 4. The van der Waals surface area contributed by atoms with Crippen molar-refractivity contribution < 1.29 is 14.7 Å². The summed E-state index contributed by atoms with van der Waals surface area (Å²) in [5.41, 5.74) is 0. The molecule has 1 aromatic heterocycles. The third kappa shape index (κ3) is 2.96. The minimum Gasteiger partial charge on any atom is -0.481 e. The Balaban J connectivity index is 1.57. The summed E-state index contributed by atoms with van der Waals surface area (Å²) in [6.45, 7) is 0.240. The van der Waals surface area contributed by atoms with E-state index in [1.54, 1.807) is 0 Å². The van der Waals surface area contributed by atoms with Crippen molar-refractivity contribution in [2.24, 2.45) is 5.92 Å². The minimum absolute atomic E-state index is 0.124. The van der Waals surface area contributed by atoms with E-state index in [0.29, 0.717) is 5.82 Å². The maximum absolute atomic E-state index is 12.3. The first kappa shape index (κ1) is 13.8. The van der Waals surface area contributed by atoms with Gasteiger partial charge in [0.15, 0.2) is 5.82 Å². The molecule has 2 bridgehead atoms.